The molecule has 1 rings (SSSR count). The first-order valence-electron chi connectivity index (χ1n) is 4.87. The summed E-state index contributed by atoms with van der Waals surface area (Å²) in [6, 6.07) is 3.74. The van der Waals surface area contributed by atoms with Crippen molar-refractivity contribution in [3.05, 3.63) is 42.1 Å². The van der Waals surface area contributed by atoms with Gasteiger partial charge in [0, 0.05) is 11.9 Å². The number of halogens is 6. The normalized spacial score (nSPS) is 12.7. The van der Waals surface area contributed by atoms with Crippen molar-refractivity contribution < 1.29 is 26.3 Å². The van der Waals surface area contributed by atoms with E-state index in [1.807, 2.05) is 0 Å². The maximum absolute atomic E-state index is 12.2. The molecule has 0 aliphatic heterocycles. The fraction of sp³-hybridized carbons (Fsp3) is 0.182. The average molecular weight is 282 g/mol. The van der Waals surface area contributed by atoms with Crippen LogP contribution in [-0.4, -0.2) is 11.9 Å². The maximum atomic E-state index is 12.2. The Hall–Kier alpha value is -1.99. The maximum Gasteiger partial charge on any atom is 0.432 e. The van der Waals surface area contributed by atoms with Gasteiger partial charge in [0.15, 0.2) is 0 Å². The van der Waals surface area contributed by atoms with E-state index in [0.29, 0.717) is 6.08 Å². The van der Waals surface area contributed by atoms with E-state index in [9.17, 15) is 26.3 Å². The topological polar surface area (TPSA) is 35.9 Å². The Balaban J connectivity index is 2.65. The first-order valence-corrected chi connectivity index (χ1v) is 4.87. The minimum atomic E-state index is -4.75. The van der Waals surface area contributed by atoms with Crippen LogP contribution in [0.15, 0.2) is 36.5 Å². The molecule has 0 fully saturated rings. The molecule has 0 spiro atoms. The highest BCUT2D eigenvalue weighted by atomic mass is 19.4. The van der Waals surface area contributed by atoms with Gasteiger partial charge in [0.05, 0.1) is 5.56 Å². The van der Waals surface area contributed by atoms with Gasteiger partial charge in [-0.3, -0.25) is 5.41 Å². The summed E-state index contributed by atoms with van der Waals surface area (Å²) in [4.78, 5) is 0. The third-order valence-corrected chi connectivity index (χ3v) is 2.02. The Morgan fingerprint density at radius 2 is 1.53 bits per heavy atom. The van der Waals surface area contributed by atoms with Gasteiger partial charge in [-0.15, -0.1) is 0 Å². The molecule has 0 aliphatic rings. The van der Waals surface area contributed by atoms with E-state index in [1.54, 1.807) is 0 Å². The first-order chi connectivity index (χ1) is 8.60. The van der Waals surface area contributed by atoms with Crippen LogP contribution in [0.4, 0.5) is 32.0 Å². The number of alkyl halides is 6. The molecule has 0 saturated carbocycles. The van der Waals surface area contributed by atoms with E-state index in [0.717, 1.165) is 30.5 Å². The van der Waals surface area contributed by atoms with Gasteiger partial charge >= 0.3 is 12.4 Å². The molecule has 1 aromatic rings. The average Bonchev–Trinajstić information content (AvgIpc) is 2.27. The summed E-state index contributed by atoms with van der Waals surface area (Å²) in [5, 5.41) is 8.96. The summed E-state index contributed by atoms with van der Waals surface area (Å²) in [5.41, 5.74) is -2.24. The molecule has 0 amide bonds. The number of benzene rings is 1. The second kappa shape index (κ2) is 5.33. The van der Waals surface area contributed by atoms with Crippen LogP contribution in [0.3, 0.4) is 0 Å². The number of hydrogen-bond donors (Lipinski definition) is 2. The van der Waals surface area contributed by atoms with Crippen molar-refractivity contribution in [1.82, 2.24) is 0 Å². The highest BCUT2D eigenvalue weighted by Gasteiger charge is 2.32. The third-order valence-electron chi connectivity index (χ3n) is 2.02. The fourth-order valence-electron chi connectivity index (χ4n) is 1.07. The summed E-state index contributed by atoms with van der Waals surface area (Å²) < 4.78 is 72.5. The SMILES string of the molecule is N=C(/C=C\Nc1ccc(C(F)(F)F)cc1)C(F)(F)F. The van der Waals surface area contributed by atoms with Crippen LogP contribution >= 0.6 is 0 Å². The van der Waals surface area contributed by atoms with Crippen LogP contribution in [0.25, 0.3) is 0 Å². The molecule has 0 radical (unpaired) electrons. The number of rotatable bonds is 3. The lowest BCUT2D eigenvalue weighted by Gasteiger charge is -2.07. The van der Waals surface area contributed by atoms with Gasteiger partial charge in [-0.1, -0.05) is 0 Å². The minimum Gasteiger partial charge on any atom is -0.362 e. The van der Waals surface area contributed by atoms with Crippen LogP contribution in [0, 0.1) is 5.41 Å². The number of allylic oxidation sites excluding steroid dienone is 1. The van der Waals surface area contributed by atoms with Gasteiger partial charge in [0.2, 0.25) is 0 Å². The Kier molecular flexibility index (Phi) is 4.23. The zero-order valence-electron chi connectivity index (χ0n) is 9.23. The molecular weight excluding hydrogens is 274 g/mol. The first kappa shape index (κ1) is 15.1. The molecule has 0 saturated heterocycles. The molecule has 0 aliphatic carbocycles. The van der Waals surface area contributed by atoms with E-state index >= 15 is 0 Å². The largest absolute Gasteiger partial charge is 0.432 e. The third kappa shape index (κ3) is 4.65. The molecule has 104 valence electrons. The lowest BCUT2D eigenvalue weighted by molar-refractivity contribution is -0.137. The van der Waals surface area contributed by atoms with E-state index in [-0.39, 0.29) is 5.69 Å². The second-order valence-electron chi connectivity index (χ2n) is 3.46. The Bertz CT molecular complexity index is 469. The lowest BCUT2D eigenvalue weighted by Crippen LogP contribution is -2.19. The van der Waals surface area contributed by atoms with E-state index in [4.69, 9.17) is 5.41 Å². The molecule has 8 heteroatoms. The fourth-order valence-corrected chi connectivity index (χ4v) is 1.07. The lowest BCUT2D eigenvalue weighted by atomic mass is 10.2. The van der Waals surface area contributed by atoms with Crippen LogP contribution in [-0.2, 0) is 6.18 Å². The molecule has 0 atom stereocenters. The summed E-state index contributed by atoms with van der Waals surface area (Å²) >= 11 is 0. The molecule has 2 nitrogen and oxygen atoms in total. The Morgan fingerprint density at radius 3 is 1.95 bits per heavy atom. The van der Waals surface area contributed by atoms with E-state index < -0.39 is 23.6 Å². The van der Waals surface area contributed by atoms with Gasteiger partial charge in [-0.05, 0) is 30.3 Å². The second-order valence-corrected chi connectivity index (χ2v) is 3.46. The number of anilines is 1. The summed E-state index contributed by atoms with van der Waals surface area (Å²) in [5.74, 6) is 0. The Morgan fingerprint density at radius 1 is 1.00 bits per heavy atom. The van der Waals surface area contributed by atoms with Gasteiger partial charge in [-0.25, -0.2) is 0 Å². The van der Waals surface area contributed by atoms with Crippen LogP contribution < -0.4 is 5.32 Å². The van der Waals surface area contributed by atoms with Crippen molar-refractivity contribution >= 4 is 11.4 Å². The number of nitrogens with one attached hydrogen (secondary N) is 2. The molecule has 19 heavy (non-hydrogen) atoms. The van der Waals surface area contributed by atoms with Crippen molar-refractivity contribution in [3.8, 4) is 0 Å². The Labute approximate surface area is 104 Å². The standard InChI is InChI=1S/C11H8F6N2/c12-10(13,14)7-1-3-8(4-2-7)19-6-5-9(18)11(15,16)17/h1-6,18-19H/b6-5-,18-9?. The quantitative estimate of drug-likeness (QED) is 0.632. The van der Waals surface area contributed by atoms with Gasteiger partial charge in [0.25, 0.3) is 0 Å². The van der Waals surface area contributed by atoms with Gasteiger partial charge in [0.1, 0.15) is 5.71 Å². The van der Waals surface area contributed by atoms with Crippen molar-refractivity contribution in [2.75, 3.05) is 5.32 Å². The molecule has 0 bridgehead atoms. The van der Waals surface area contributed by atoms with Crippen molar-refractivity contribution in [2.45, 2.75) is 12.4 Å². The summed E-state index contributed by atoms with van der Waals surface area (Å²) in [7, 11) is 0. The van der Waals surface area contributed by atoms with E-state index in [2.05, 4.69) is 5.32 Å². The smallest absolute Gasteiger partial charge is 0.362 e. The zero-order valence-corrected chi connectivity index (χ0v) is 9.23. The minimum absolute atomic E-state index is 0.180. The van der Waals surface area contributed by atoms with E-state index in [1.165, 1.54) is 0 Å². The van der Waals surface area contributed by atoms with Gasteiger partial charge in [-0.2, -0.15) is 26.3 Å². The predicted octanol–water partition coefficient (Wildman–Crippen LogP) is 4.21. The molecule has 0 aromatic heterocycles. The number of hydrogen-bond acceptors (Lipinski definition) is 2. The van der Waals surface area contributed by atoms with Crippen molar-refractivity contribution in [2.24, 2.45) is 0 Å². The molecule has 1 aromatic carbocycles. The van der Waals surface area contributed by atoms with Crippen LogP contribution in [0.1, 0.15) is 5.56 Å². The highest BCUT2D eigenvalue weighted by molar-refractivity contribution is 5.97. The molecule has 2 N–H and O–H groups in total. The van der Waals surface area contributed by atoms with Crippen LogP contribution in [0.5, 0.6) is 0 Å². The molecule has 0 heterocycles. The molecule has 0 unspecified atom stereocenters. The van der Waals surface area contributed by atoms with Crippen molar-refractivity contribution in [3.63, 3.8) is 0 Å². The highest BCUT2D eigenvalue weighted by Crippen LogP contribution is 2.29. The van der Waals surface area contributed by atoms with Crippen molar-refractivity contribution in [1.29, 1.82) is 5.41 Å². The summed E-state index contributed by atoms with van der Waals surface area (Å²) in [6.45, 7) is 0. The zero-order chi connectivity index (χ0) is 14.7. The summed E-state index contributed by atoms with van der Waals surface area (Å²) in [6.07, 6.45) is -7.92. The molecular formula is C11H8F6N2. The van der Waals surface area contributed by atoms with Gasteiger partial charge < -0.3 is 5.32 Å². The predicted molar refractivity (Wildman–Crippen MR) is 58.0 cm³/mol. The monoisotopic (exact) mass is 282 g/mol. The van der Waals surface area contributed by atoms with Crippen LogP contribution in [0.2, 0.25) is 0 Å².